The Morgan fingerprint density at radius 2 is 0.844 bits per heavy atom. The molecule has 490 valence electrons. The van der Waals surface area contributed by atoms with E-state index in [0.29, 0.717) is 53.9 Å². The lowest BCUT2D eigenvalue weighted by Gasteiger charge is -2.40. The number of nitrogens with zero attached hydrogens (tertiary/aromatic N) is 9. The van der Waals surface area contributed by atoms with Crippen molar-refractivity contribution in [1.82, 2.24) is 44.4 Å². The van der Waals surface area contributed by atoms with Gasteiger partial charge in [0.25, 0.3) is 0 Å². The Hall–Kier alpha value is -7.31. The highest BCUT2D eigenvalue weighted by molar-refractivity contribution is 5.78. The zero-order chi connectivity index (χ0) is 64.8. The molecule has 0 aliphatic carbocycles. The van der Waals surface area contributed by atoms with Crippen molar-refractivity contribution in [2.45, 2.75) is 136 Å². The molecule has 5 saturated heterocycles. The molecule has 0 spiro atoms. The molecule has 5 N–H and O–H groups in total. The largest absolute Gasteiger partial charge is 0.380 e. The molecule has 0 radical (unpaired) electrons. The van der Waals surface area contributed by atoms with Crippen LogP contribution in [0.4, 0.5) is 46.3 Å². The van der Waals surface area contributed by atoms with E-state index in [-0.39, 0.29) is 29.4 Å². The summed E-state index contributed by atoms with van der Waals surface area (Å²) in [6.45, 7) is 28.7. The van der Waals surface area contributed by atoms with Gasteiger partial charge in [0.2, 0.25) is 11.9 Å². The zero-order valence-corrected chi connectivity index (χ0v) is 53.4. The molecule has 0 atom stereocenters. The van der Waals surface area contributed by atoms with Crippen LogP contribution < -0.4 is 26.6 Å². The summed E-state index contributed by atoms with van der Waals surface area (Å²) < 4.78 is 53.3. The molecule has 4 aromatic heterocycles. The van der Waals surface area contributed by atoms with Crippen LogP contribution in [0.3, 0.4) is 0 Å². The number of carbonyl (C=O) groups is 5. The summed E-state index contributed by atoms with van der Waals surface area (Å²) in [5.41, 5.74) is 4.29. The third kappa shape index (κ3) is 23.5. The van der Waals surface area contributed by atoms with Crippen LogP contribution in [0.2, 0.25) is 0 Å². The summed E-state index contributed by atoms with van der Waals surface area (Å²) in [6, 6.07) is 17.0. The molecule has 0 bridgehead atoms. The van der Waals surface area contributed by atoms with E-state index in [9.17, 15) is 41.5 Å². The van der Waals surface area contributed by atoms with Crippen LogP contribution in [0.1, 0.15) is 156 Å². The molecule has 5 aromatic rings. The molecule has 9 heterocycles. The second kappa shape index (κ2) is 38.4. The number of rotatable bonds is 30. The maximum absolute atomic E-state index is 13.4. The highest BCUT2D eigenvalue weighted by Crippen LogP contribution is 2.23. The van der Waals surface area contributed by atoms with Crippen LogP contribution in [0.15, 0.2) is 67.0 Å². The number of anilines is 5. The lowest BCUT2D eigenvalue weighted by molar-refractivity contribution is 0.110. The minimum Gasteiger partial charge on any atom is -0.380 e. The van der Waals surface area contributed by atoms with Crippen LogP contribution in [0, 0.1) is 30.5 Å². The molecule has 0 unspecified atom stereocenters. The van der Waals surface area contributed by atoms with Crippen molar-refractivity contribution in [2.75, 3.05) is 125 Å². The molecule has 5 fully saturated rings. The standard InChI is InChI=1S/C15H22N2O.C13H17F2N3O.2C13H18FN3O.C13H19N3O/c1-3-4-7-17-9-15(10-17)16-14-6-5-13(11-18)12(2)8-14;1-2-3-4-18-6-9(7-18)16-12-5-11(14)10(8-19)13(15)17-12;1-2-3-6-17-7-11(8-17)15-12-5-4-10(9-18)13(14)16-12;1-2-3-4-17-7-11(8-17)16-10-5-12(14)13(9-18)15-6-10;1-2-3-6-16-8-13(9-16)15-11-4-5-12(10-17)14-7-11/h5-6,8,11,15-16H,3-4,7,9-10H2,1-2H3;5,8-9H,2-4,6-7H2,1H3,(H,16,17);4-5,9,11H,2-3,6-8H2,1H3,(H,15,16);5-6,9,11,16H,2-4,7-8H2,1H3;4-5,7,10,13,15H,2-3,6,8-9H2,1H3. The second-order valence-electron chi connectivity index (χ2n) is 23.8. The van der Waals surface area contributed by atoms with Crippen molar-refractivity contribution in [3.63, 3.8) is 0 Å². The Morgan fingerprint density at radius 3 is 1.23 bits per heavy atom. The summed E-state index contributed by atoms with van der Waals surface area (Å²) in [4.78, 5) is 79.5. The second-order valence-corrected chi connectivity index (χ2v) is 23.8. The summed E-state index contributed by atoms with van der Waals surface area (Å²) in [7, 11) is 0. The van der Waals surface area contributed by atoms with Crippen molar-refractivity contribution in [1.29, 1.82) is 0 Å². The van der Waals surface area contributed by atoms with Gasteiger partial charge in [-0.3, -0.25) is 53.5 Å². The normalized spacial score (nSPS) is 16.3. The van der Waals surface area contributed by atoms with Gasteiger partial charge >= 0.3 is 0 Å². The smallest absolute Gasteiger partial charge is 0.228 e. The molecule has 1 aromatic carbocycles. The van der Waals surface area contributed by atoms with Crippen LogP contribution in [-0.4, -0.2) is 204 Å². The molecule has 0 amide bonds. The number of likely N-dealkylation sites (tertiary alicyclic amines) is 5. The molecular weight excluding hydrogens is 1160 g/mol. The first kappa shape index (κ1) is 71.8. The molecule has 23 heteroatoms. The number of halogens is 4. The van der Waals surface area contributed by atoms with Crippen molar-refractivity contribution >= 4 is 60.1 Å². The molecule has 19 nitrogen and oxygen atoms in total. The third-order valence-corrected chi connectivity index (χ3v) is 16.1. The van der Waals surface area contributed by atoms with E-state index >= 15 is 0 Å². The fourth-order valence-electron chi connectivity index (χ4n) is 10.6. The summed E-state index contributed by atoms with van der Waals surface area (Å²) in [5, 5.41) is 16.3. The van der Waals surface area contributed by atoms with E-state index in [2.05, 4.69) is 112 Å². The molecular formula is C67H94F4N14O5. The lowest BCUT2D eigenvalue weighted by atomic mass is 10.1. The highest BCUT2D eigenvalue weighted by Gasteiger charge is 2.30. The van der Waals surface area contributed by atoms with Gasteiger partial charge in [-0.05, 0) is 120 Å². The van der Waals surface area contributed by atoms with E-state index in [1.807, 2.05) is 25.1 Å². The van der Waals surface area contributed by atoms with Crippen molar-refractivity contribution in [3.05, 3.63) is 124 Å². The van der Waals surface area contributed by atoms with Gasteiger partial charge in [0.1, 0.15) is 40.7 Å². The van der Waals surface area contributed by atoms with Crippen LogP contribution >= 0.6 is 0 Å². The molecule has 0 saturated carbocycles. The third-order valence-electron chi connectivity index (χ3n) is 16.1. The maximum atomic E-state index is 13.4. The van der Waals surface area contributed by atoms with Gasteiger partial charge in [-0.25, -0.2) is 23.7 Å². The average molecular weight is 1250 g/mol. The quantitative estimate of drug-likeness (QED) is 0.0164. The van der Waals surface area contributed by atoms with Crippen LogP contribution in [0.5, 0.6) is 0 Å². The number of hydrogen-bond donors (Lipinski definition) is 5. The van der Waals surface area contributed by atoms with Gasteiger partial charge < -0.3 is 26.6 Å². The van der Waals surface area contributed by atoms with Gasteiger partial charge in [-0.1, -0.05) is 66.7 Å². The average Bonchev–Trinajstić information content (AvgIpc) is 1.57. The topological polar surface area (TPSA) is 213 Å². The SMILES string of the molecule is CCCCN1CC(Nc2cc(F)c(C=O)c(F)n2)C1.CCCCN1CC(Nc2ccc(C=O)c(C)c2)C1.CCCCN1CC(Nc2ccc(C=O)c(F)n2)C1.CCCCN1CC(Nc2ccc(C=O)nc2)C1.CCCCN1CC(Nc2cnc(C=O)c(F)c2)C1. The van der Waals surface area contributed by atoms with Crippen molar-refractivity contribution in [2.24, 2.45) is 0 Å². The van der Waals surface area contributed by atoms with Gasteiger partial charge in [-0.15, -0.1) is 0 Å². The monoisotopic (exact) mass is 1250 g/mol. The van der Waals surface area contributed by atoms with E-state index in [0.717, 1.165) is 139 Å². The van der Waals surface area contributed by atoms with Gasteiger partial charge in [0, 0.05) is 88.8 Å². The van der Waals surface area contributed by atoms with Crippen molar-refractivity contribution < 1.29 is 41.5 Å². The molecule has 5 aliphatic heterocycles. The first-order valence-corrected chi connectivity index (χ1v) is 32.1. The number of unbranched alkanes of at least 4 members (excludes halogenated alkanes) is 5. The Bertz CT molecular complexity index is 2780. The van der Waals surface area contributed by atoms with Crippen molar-refractivity contribution in [3.8, 4) is 0 Å². The van der Waals surface area contributed by atoms with Crippen LogP contribution in [0.25, 0.3) is 0 Å². The summed E-state index contributed by atoms with van der Waals surface area (Å²) in [6.07, 6.45) is 18.2. The number of aldehydes is 5. The summed E-state index contributed by atoms with van der Waals surface area (Å²) >= 11 is 0. The Labute approximate surface area is 529 Å². The Balaban J connectivity index is 0.000000179. The summed E-state index contributed by atoms with van der Waals surface area (Å²) in [5.74, 6) is -2.60. The number of pyridine rings is 4. The van der Waals surface area contributed by atoms with E-state index in [1.54, 1.807) is 18.3 Å². The first-order chi connectivity index (χ1) is 43.6. The van der Waals surface area contributed by atoms with E-state index < -0.39 is 29.1 Å². The number of benzene rings is 1. The predicted molar refractivity (Wildman–Crippen MR) is 349 cm³/mol. The minimum absolute atomic E-state index is 0.00117. The van der Waals surface area contributed by atoms with E-state index in [4.69, 9.17) is 0 Å². The highest BCUT2D eigenvalue weighted by atomic mass is 19.1. The number of nitrogens with one attached hydrogen (secondary N) is 5. The molecule has 10 rings (SSSR count). The fraction of sp³-hybridized carbons (Fsp3) is 0.537. The van der Waals surface area contributed by atoms with Gasteiger partial charge in [0.05, 0.1) is 59.5 Å². The number of hydrogen-bond acceptors (Lipinski definition) is 19. The minimum atomic E-state index is -1.07. The van der Waals surface area contributed by atoms with Crippen LogP contribution in [-0.2, 0) is 0 Å². The van der Waals surface area contributed by atoms with Gasteiger partial charge in [0.15, 0.2) is 31.0 Å². The lowest BCUT2D eigenvalue weighted by Crippen LogP contribution is -2.54. The Morgan fingerprint density at radius 1 is 0.422 bits per heavy atom. The number of carbonyl (C=O) groups excluding carboxylic acids is 5. The Kier molecular flexibility index (Phi) is 30.6. The molecule has 5 aliphatic rings. The zero-order valence-electron chi connectivity index (χ0n) is 53.4. The number of aromatic nitrogens is 4. The maximum Gasteiger partial charge on any atom is 0.228 e. The molecule has 90 heavy (non-hydrogen) atoms. The number of aryl methyl sites for hydroxylation is 1. The fourth-order valence-corrected chi connectivity index (χ4v) is 10.6. The van der Waals surface area contributed by atoms with E-state index in [1.165, 1.54) is 82.8 Å². The van der Waals surface area contributed by atoms with Gasteiger partial charge in [-0.2, -0.15) is 8.78 Å². The first-order valence-electron chi connectivity index (χ1n) is 32.1. The predicted octanol–water partition coefficient (Wildman–Crippen LogP) is 10.4.